The van der Waals surface area contributed by atoms with Crippen LogP contribution in [0, 0.1) is 0 Å². The molecule has 0 aromatic rings. The summed E-state index contributed by atoms with van der Waals surface area (Å²) in [5.74, 6) is -0.202. The molecule has 0 spiro atoms. The molecule has 0 fully saturated rings. The second-order valence-corrected chi connectivity index (χ2v) is 2.12. The zero-order chi connectivity index (χ0) is 7.40. The van der Waals surface area contributed by atoms with Gasteiger partial charge in [-0.25, -0.2) is 9.82 Å². The number of hydrogen-bond donors (Lipinski definition) is 1. The summed E-state index contributed by atoms with van der Waals surface area (Å²) in [6, 6.07) is 0. The molecular formula is C7H11FN2. The molecular weight excluding hydrogens is 131 g/mol. The van der Waals surface area contributed by atoms with Gasteiger partial charge < -0.3 is 5.01 Å². The number of hydrogen-bond acceptors (Lipinski definition) is 2. The summed E-state index contributed by atoms with van der Waals surface area (Å²) in [7, 11) is 1.77. The lowest BCUT2D eigenvalue weighted by molar-refractivity contribution is 0.300. The van der Waals surface area contributed by atoms with E-state index in [1.165, 1.54) is 12.3 Å². The molecule has 1 aliphatic heterocycles. The van der Waals surface area contributed by atoms with Crippen LogP contribution in [-0.4, -0.2) is 18.6 Å². The number of nitrogens with one attached hydrogen (secondary N) is 1. The standard InChI is InChI=1S/C7H11FN2/c1-9-10-5-3-2-4-7(8)6-10/h2,4,6,9H,3,5H2,1H3. The Labute approximate surface area is 60.0 Å². The van der Waals surface area contributed by atoms with Gasteiger partial charge in [0.2, 0.25) is 0 Å². The van der Waals surface area contributed by atoms with E-state index >= 15 is 0 Å². The highest BCUT2D eigenvalue weighted by Crippen LogP contribution is 2.05. The van der Waals surface area contributed by atoms with Crippen molar-refractivity contribution in [2.45, 2.75) is 6.42 Å². The zero-order valence-electron chi connectivity index (χ0n) is 5.97. The molecule has 0 saturated heterocycles. The summed E-state index contributed by atoms with van der Waals surface area (Å²) in [5.41, 5.74) is 2.85. The highest BCUT2D eigenvalue weighted by atomic mass is 19.1. The molecule has 0 aromatic carbocycles. The fraction of sp³-hybridized carbons (Fsp3) is 0.429. The van der Waals surface area contributed by atoms with Gasteiger partial charge in [-0.3, -0.25) is 0 Å². The number of allylic oxidation sites excluding steroid dienone is 2. The lowest BCUT2D eigenvalue weighted by Gasteiger charge is -2.15. The van der Waals surface area contributed by atoms with Crippen molar-refractivity contribution in [1.82, 2.24) is 10.4 Å². The van der Waals surface area contributed by atoms with E-state index in [0.29, 0.717) is 0 Å². The summed E-state index contributed by atoms with van der Waals surface area (Å²) < 4.78 is 12.6. The van der Waals surface area contributed by atoms with Crippen LogP contribution in [0.15, 0.2) is 24.2 Å². The Balaban J connectivity index is 2.58. The van der Waals surface area contributed by atoms with Crippen molar-refractivity contribution >= 4 is 0 Å². The molecule has 0 saturated carbocycles. The van der Waals surface area contributed by atoms with E-state index in [2.05, 4.69) is 5.43 Å². The summed E-state index contributed by atoms with van der Waals surface area (Å²) in [4.78, 5) is 0. The third-order valence-electron chi connectivity index (χ3n) is 1.38. The summed E-state index contributed by atoms with van der Waals surface area (Å²) >= 11 is 0. The molecule has 0 aliphatic carbocycles. The van der Waals surface area contributed by atoms with Gasteiger partial charge >= 0.3 is 0 Å². The van der Waals surface area contributed by atoms with Gasteiger partial charge in [-0.05, 0) is 12.5 Å². The largest absolute Gasteiger partial charge is 0.313 e. The van der Waals surface area contributed by atoms with Crippen LogP contribution < -0.4 is 5.43 Å². The summed E-state index contributed by atoms with van der Waals surface area (Å²) in [5, 5.41) is 1.72. The first-order valence-electron chi connectivity index (χ1n) is 3.31. The van der Waals surface area contributed by atoms with Crippen molar-refractivity contribution < 1.29 is 4.39 Å². The number of nitrogens with zero attached hydrogens (tertiary/aromatic N) is 1. The predicted molar refractivity (Wildman–Crippen MR) is 38.7 cm³/mol. The van der Waals surface area contributed by atoms with Gasteiger partial charge in [-0.1, -0.05) is 6.08 Å². The van der Waals surface area contributed by atoms with Gasteiger partial charge in [0.15, 0.2) is 0 Å². The van der Waals surface area contributed by atoms with Crippen molar-refractivity contribution in [3.8, 4) is 0 Å². The Bertz CT molecular complexity index is 163. The molecule has 0 aromatic heterocycles. The average molecular weight is 142 g/mol. The summed E-state index contributed by atoms with van der Waals surface area (Å²) in [6.07, 6.45) is 5.63. The molecule has 1 rings (SSSR count). The average Bonchev–Trinajstić information content (AvgIpc) is 2.13. The van der Waals surface area contributed by atoms with Crippen LogP contribution in [0.2, 0.25) is 0 Å². The van der Waals surface area contributed by atoms with Gasteiger partial charge in [-0.2, -0.15) is 0 Å². The Morgan fingerprint density at radius 2 is 2.50 bits per heavy atom. The highest BCUT2D eigenvalue weighted by molar-refractivity contribution is 5.12. The van der Waals surface area contributed by atoms with Gasteiger partial charge in [-0.15, -0.1) is 0 Å². The molecule has 0 unspecified atom stereocenters. The van der Waals surface area contributed by atoms with Crippen LogP contribution in [0.5, 0.6) is 0 Å². The molecule has 3 heteroatoms. The molecule has 1 N–H and O–H groups in total. The van der Waals surface area contributed by atoms with E-state index in [-0.39, 0.29) is 5.83 Å². The molecule has 0 atom stereocenters. The Morgan fingerprint density at radius 3 is 3.20 bits per heavy atom. The zero-order valence-corrected chi connectivity index (χ0v) is 5.97. The number of halogens is 1. The van der Waals surface area contributed by atoms with E-state index in [1.54, 1.807) is 12.1 Å². The maximum absolute atomic E-state index is 12.6. The minimum Gasteiger partial charge on any atom is -0.313 e. The van der Waals surface area contributed by atoms with Gasteiger partial charge in [0.1, 0.15) is 5.83 Å². The molecule has 1 heterocycles. The van der Waals surface area contributed by atoms with E-state index in [9.17, 15) is 4.39 Å². The SMILES string of the molecule is CNN1C=C(F)C=CCC1. The molecule has 0 bridgehead atoms. The molecule has 56 valence electrons. The normalized spacial score (nSPS) is 18.6. The van der Waals surface area contributed by atoms with Crippen LogP contribution in [0.4, 0.5) is 4.39 Å². The van der Waals surface area contributed by atoms with Crippen LogP contribution in [0.3, 0.4) is 0 Å². The molecule has 1 aliphatic rings. The van der Waals surface area contributed by atoms with Gasteiger partial charge in [0.05, 0.1) is 6.20 Å². The van der Waals surface area contributed by atoms with E-state index < -0.39 is 0 Å². The monoisotopic (exact) mass is 142 g/mol. The van der Waals surface area contributed by atoms with E-state index in [0.717, 1.165) is 13.0 Å². The molecule has 0 radical (unpaired) electrons. The highest BCUT2D eigenvalue weighted by Gasteiger charge is 1.99. The van der Waals surface area contributed by atoms with Crippen molar-refractivity contribution in [3.05, 3.63) is 24.2 Å². The van der Waals surface area contributed by atoms with Crippen molar-refractivity contribution in [2.75, 3.05) is 13.6 Å². The maximum atomic E-state index is 12.6. The third kappa shape index (κ3) is 1.84. The van der Waals surface area contributed by atoms with Crippen LogP contribution in [0.25, 0.3) is 0 Å². The molecule has 10 heavy (non-hydrogen) atoms. The quantitative estimate of drug-likeness (QED) is 0.591. The molecule has 0 amide bonds. The van der Waals surface area contributed by atoms with Crippen LogP contribution >= 0.6 is 0 Å². The first-order chi connectivity index (χ1) is 4.83. The molecule has 2 nitrogen and oxygen atoms in total. The Kier molecular flexibility index (Phi) is 2.45. The van der Waals surface area contributed by atoms with Crippen LogP contribution in [0.1, 0.15) is 6.42 Å². The van der Waals surface area contributed by atoms with E-state index in [1.807, 2.05) is 6.08 Å². The number of hydrazine groups is 1. The minimum absolute atomic E-state index is 0.202. The lowest BCUT2D eigenvalue weighted by atomic mass is 10.4. The first kappa shape index (κ1) is 7.28. The Hall–Kier alpha value is -0.830. The maximum Gasteiger partial charge on any atom is 0.140 e. The summed E-state index contributed by atoms with van der Waals surface area (Å²) in [6.45, 7) is 0.820. The topological polar surface area (TPSA) is 15.3 Å². The fourth-order valence-electron chi connectivity index (χ4n) is 0.842. The lowest BCUT2D eigenvalue weighted by Crippen LogP contribution is -2.30. The third-order valence-corrected chi connectivity index (χ3v) is 1.38. The van der Waals surface area contributed by atoms with Crippen molar-refractivity contribution in [3.63, 3.8) is 0 Å². The van der Waals surface area contributed by atoms with Gasteiger partial charge in [0.25, 0.3) is 0 Å². The number of rotatable bonds is 1. The van der Waals surface area contributed by atoms with E-state index in [4.69, 9.17) is 0 Å². The second-order valence-electron chi connectivity index (χ2n) is 2.12. The smallest absolute Gasteiger partial charge is 0.140 e. The van der Waals surface area contributed by atoms with Crippen molar-refractivity contribution in [1.29, 1.82) is 0 Å². The first-order valence-corrected chi connectivity index (χ1v) is 3.31. The van der Waals surface area contributed by atoms with Gasteiger partial charge in [0, 0.05) is 13.6 Å². The fourth-order valence-corrected chi connectivity index (χ4v) is 0.842. The van der Waals surface area contributed by atoms with Crippen molar-refractivity contribution in [2.24, 2.45) is 0 Å². The van der Waals surface area contributed by atoms with Crippen LogP contribution in [-0.2, 0) is 0 Å². The Morgan fingerprint density at radius 1 is 1.70 bits per heavy atom. The second kappa shape index (κ2) is 3.37. The minimum atomic E-state index is -0.202. The predicted octanol–water partition coefficient (Wildman–Crippen LogP) is 1.19.